The van der Waals surface area contributed by atoms with Gasteiger partial charge in [0.1, 0.15) is 5.82 Å². The average Bonchev–Trinajstić information content (AvgIpc) is 2.27. The number of carboxylic acids is 1. The molecule has 7 heteroatoms. The number of carbonyl (C=O) groups is 2. The summed E-state index contributed by atoms with van der Waals surface area (Å²) >= 11 is 1.03. The Kier molecular flexibility index (Phi) is 5.13. The number of hydrogen-bond acceptors (Lipinski definition) is 5. The minimum absolute atomic E-state index is 0.0863. The van der Waals surface area contributed by atoms with Crippen molar-refractivity contribution in [1.29, 1.82) is 0 Å². The van der Waals surface area contributed by atoms with Crippen LogP contribution in [0.4, 0.5) is 5.82 Å². The number of carboxylic acid groups (broad SMARTS) is 1. The smallest absolute Gasteiger partial charge is 0.313 e. The molecule has 16 heavy (non-hydrogen) atoms. The molecule has 0 saturated carbocycles. The van der Waals surface area contributed by atoms with Crippen LogP contribution in [0.25, 0.3) is 0 Å². The zero-order valence-electron chi connectivity index (χ0n) is 8.34. The van der Waals surface area contributed by atoms with Crippen LogP contribution >= 0.6 is 11.8 Å². The maximum absolute atomic E-state index is 11.2. The first kappa shape index (κ1) is 12.3. The molecule has 0 bridgehead atoms. The van der Waals surface area contributed by atoms with Crippen LogP contribution in [-0.2, 0) is 9.59 Å². The van der Waals surface area contributed by atoms with Gasteiger partial charge < -0.3 is 5.11 Å². The molecule has 0 atom stereocenters. The third-order valence-corrected chi connectivity index (χ3v) is 2.37. The lowest BCUT2D eigenvalue weighted by molar-refractivity contribution is -0.133. The van der Waals surface area contributed by atoms with E-state index in [0.29, 0.717) is 5.82 Å². The summed E-state index contributed by atoms with van der Waals surface area (Å²) in [5.41, 5.74) is 5.02. The van der Waals surface area contributed by atoms with E-state index in [4.69, 9.17) is 5.11 Å². The standard InChI is InChI=1S/C9H11N3O3S/c13-8(5-16-6-9(14)15)12-11-7-3-1-2-4-10-7/h1-4H,5-6H2,(H,10,11)(H,12,13)(H,14,15). The highest BCUT2D eigenvalue weighted by Crippen LogP contribution is 1.99. The van der Waals surface area contributed by atoms with E-state index < -0.39 is 5.97 Å². The largest absolute Gasteiger partial charge is 0.481 e. The van der Waals surface area contributed by atoms with Crippen molar-refractivity contribution in [2.75, 3.05) is 16.9 Å². The van der Waals surface area contributed by atoms with Gasteiger partial charge in [-0.1, -0.05) is 6.07 Å². The van der Waals surface area contributed by atoms with E-state index in [1.165, 1.54) is 0 Å². The average molecular weight is 241 g/mol. The predicted molar refractivity (Wildman–Crippen MR) is 61.0 cm³/mol. The van der Waals surface area contributed by atoms with E-state index >= 15 is 0 Å². The number of hydrazine groups is 1. The van der Waals surface area contributed by atoms with Gasteiger partial charge in [-0.15, -0.1) is 11.8 Å². The normalized spacial score (nSPS) is 9.50. The van der Waals surface area contributed by atoms with Gasteiger partial charge in [-0.05, 0) is 12.1 Å². The second-order valence-electron chi connectivity index (χ2n) is 2.77. The highest BCUT2D eigenvalue weighted by molar-refractivity contribution is 8.00. The molecule has 0 aliphatic carbocycles. The van der Waals surface area contributed by atoms with Crippen LogP contribution in [0.1, 0.15) is 0 Å². The van der Waals surface area contributed by atoms with Gasteiger partial charge in [0, 0.05) is 6.20 Å². The molecule has 0 fully saturated rings. The fourth-order valence-corrected chi connectivity index (χ4v) is 1.37. The van der Waals surface area contributed by atoms with Crippen molar-refractivity contribution in [3.05, 3.63) is 24.4 Å². The first-order valence-electron chi connectivity index (χ1n) is 4.44. The molecular weight excluding hydrogens is 230 g/mol. The van der Waals surface area contributed by atoms with Gasteiger partial charge in [0.05, 0.1) is 11.5 Å². The Morgan fingerprint density at radius 2 is 2.19 bits per heavy atom. The second-order valence-corrected chi connectivity index (χ2v) is 3.76. The van der Waals surface area contributed by atoms with Crippen LogP contribution in [0.15, 0.2) is 24.4 Å². The molecule has 1 rings (SSSR count). The quantitative estimate of drug-likeness (QED) is 0.622. The number of amides is 1. The molecule has 1 amide bonds. The molecule has 1 aromatic rings. The van der Waals surface area contributed by atoms with Crippen LogP contribution in [0.3, 0.4) is 0 Å². The molecule has 0 spiro atoms. The Morgan fingerprint density at radius 3 is 2.81 bits per heavy atom. The highest BCUT2D eigenvalue weighted by atomic mass is 32.2. The molecule has 1 heterocycles. The Balaban J connectivity index is 2.18. The minimum Gasteiger partial charge on any atom is -0.481 e. The first-order chi connectivity index (χ1) is 7.68. The number of pyridine rings is 1. The molecule has 3 N–H and O–H groups in total. The van der Waals surface area contributed by atoms with Crippen molar-refractivity contribution in [3.63, 3.8) is 0 Å². The van der Waals surface area contributed by atoms with Gasteiger partial charge >= 0.3 is 5.97 Å². The van der Waals surface area contributed by atoms with Crippen molar-refractivity contribution < 1.29 is 14.7 Å². The molecule has 0 radical (unpaired) electrons. The fourth-order valence-electron chi connectivity index (χ4n) is 0.838. The summed E-state index contributed by atoms with van der Waals surface area (Å²) in [7, 11) is 0. The first-order valence-corrected chi connectivity index (χ1v) is 5.59. The van der Waals surface area contributed by atoms with Crippen LogP contribution in [0.5, 0.6) is 0 Å². The van der Waals surface area contributed by atoms with Gasteiger partial charge in [-0.25, -0.2) is 4.98 Å². The van der Waals surface area contributed by atoms with E-state index in [0.717, 1.165) is 11.8 Å². The maximum Gasteiger partial charge on any atom is 0.313 e. The minimum atomic E-state index is -0.935. The van der Waals surface area contributed by atoms with Crippen molar-refractivity contribution in [3.8, 4) is 0 Å². The number of aromatic nitrogens is 1. The van der Waals surface area contributed by atoms with Crippen molar-refractivity contribution >= 4 is 29.5 Å². The predicted octanol–water partition coefficient (Wildman–Crippen LogP) is 0.342. The Morgan fingerprint density at radius 1 is 1.38 bits per heavy atom. The van der Waals surface area contributed by atoms with Gasteiger partial charge in [0.2, 0.25) is 5.91 Å². The SMILES string of the molecule is O=C(O)CSCC(=O)NNc1ccccn1. The summed E-state index contributed by atoms with van der Waals surface area (Å²) in [6.45, 7) is 0. The van der Waals surface area contributed by atoms with Crippen molar-refractivity contribution in [2.45, 2.75) is 0 Å². The number of aliphatic carboxylic acids is 1. The van der Waals surface area contributed by atoms with Crippen molar-refractivity contribution in [1.82, 2.24) is 10.4 Å². The van der Waals surface area contributed by atoms with E-state index in [2.05, 4.69) is 15.8 Å². The number of anilines is 1. The van der Waals surface area contributed by atoms with Gasteiger partial charge in [-0.2, -0.15) is 0 Å². The highest BCUT2D eigenvalue weighted by Gasteiger charge is 2.03. The zero-order valence-corrected chi connectivity index (χ0v) is 9.16. The number of hydrogen-bond donors (Lipinski definition) is 3. The summed E-state index contributed by atoms with van der Waals surface area (Å²) in [6, 6.07) is 5.24. The lowest BCUT2D eigenvalue weighted by Gasteiger charge is -2.06. The summed E-state index contributed by atoms with van der Waals surface area (Å²) in [6.07, 6.45) is 1.59. The van der Waals surface area contributed by atoms with Gasteiger partial charge in [0.15, 0.2) is 0 Å². The Hall–Kier alpha value is -1.76. The monoisotopic (exact) mass is 241 g/mol. The molecule has 6 nitrogen and oxygen atoms in total. The number of nitrogens with one attached hydrogen (secondary N) is 2. The number of rotatable bonds is 6. The van der Waals surface area contributed by atoms with E-state index in [-0.39, 0.29) is 17.4 Å². The van der Waals surface area contributed by atoms with Crippen molar-refractivity contribution in [2.24, 2.45) is 0 Å². The molecule has 0 unspecified atom stereocenters. The maximum atomic E-state index is 11.2. The van der Waals surface area contributed by atoms with E-state index in [1.807, 2.05) is 0 Å². The number of thioether (sulfide) groups is 1. The van der Waals surface area contributed by atoms with Crippen LogP contribution in [0, 0.1) is 0 Å². The molecular formula is C9H11N3O3S. The molecule has 0 aromatic carbocycles. The number of carbonyl (C=O) groups excluding carboxylic acids is 1. The summed E-state index contributed by atoms with van der Waals surface area (Å²) in [5.74, 6) is -0.699. The summed E-state index contributed by atoms with van der Waals surface area (Å²) in [5, 5.41) is 8.36. The summed E-state index contributed by atoms with van der Waals surface area (Å²) < 4.78 is 0. The Bertz CT molecular complexity index is 358. The third kappa shape index (κ3) is 5.20. The van der Waals surface area contributed by atoms with Crippen LogP contribution in [0.2, 0.25) is 0 Å². The summed E-state index contributed by atoms with van der Waals surface area (Å²) in [4.78, 5) is 25.3. The van der Waals surface area contributed by atoms with Gasteiger partial charge in [-0.3, -0.25) is 20.4 Å². The molecule has 0 aliphatic heterocycles. The lowest BCUT2D eigenvalue weighted by Crippen LogP contribution is -2.31. The molecule has 0 saturated heterocycles. The molecule has 1 aromatic heterocycles. The topological polar surface area (TPSA) is 91.3 Å². The lowest BCUT2D eigenvalue weighted by atomic mass is 10.5. The Labute approximate surface area is 96.4 Å². The number of nitrogens with zero attached hydrogens (tertiary/aromatic N) is 1. The molecule has 86 valence electrons. The van der Waals surface area contributed by atoms with E-state index in [1.54, 1.807) is 24.4 Å². The fraction of sp³-hybridized carbons (Fsp3) is 0.222. The van der Waals surface area contributed by atoms with Crippen LogP contribution in [-0.4, -0.2) is 33.5 Å². The zero-order chi connectivity index (χ0) is 11.8. The molecule has 0 aliphatic rings. The second kappa shape index (κ2) is 6.67. The van der Waals surface area contributed by atoms with E-state index in [9.17, 15) is 9.59 Å². The van der Waals surface area contributed by atoms with Gasteiger partial charge in [0.25, 0.3) is 0 Å². The van der Waals surface area contributed by atoms with Crippen LogP contribution < -0.4 is 10.9 Å². The third-order valence-electron chi connectivity index (χ3n) is 1.45.